The second-order valence-electron chi connectivity index (χ2n) is 8.28. The van der Waals surface area contributed by atoms with E-state index in [1.807, 2.05) is 89.6 Å². The lowest BCUT2D eigenvalue weighted by molar-refractivity contribution is -0.142. The highest BCUT2D eigenvalue weighted by atomic mass is 16.5. The molecule has 0 bridgehead atoms. The first kappa shape index (κ1) is 22.3. The predicted octanol–water partition coefficient (Wildman–Crippen LogP) is 5.64. The molecule has 1 amide bonds. The molecule has 1 heterocycles. The van der Waals surface area contributed by atoms with Gasteiger partial charge in [0.1, 0.15) is 0 Å². The zero-order valence-corrected chi connectivity index (χ0v) is 19.4. The van der Waals surface area contributed by atoms with Crippen molar-refractivity contribution >= 4 is 45.4 Å². The van der Waals surface area contributed by atoms with Gasteiger partial charge in [-0.2, -0.15) is 5.10 Å². The van der Waals surface area contributed by atoms with Gasteiger partial charge in [-0.1, -0.05) is 60.7 Å². The third-order valence-corrected chi connectivity index (χ3v) is 6.02. The van der Waals surface area contributed by atoms with Crippen molar-refractivity contribution in [2.24, 2.45) is 0 Å². The van der Waals surface area contributed by atoms with E-state index < -0.39 is 0 Å². The van der Waals surface area contributed by atoms with E-state index in [-0.39, 0.29) is 12.4 Å². The Kier molecular flexibility index (Phi) is 6.26. The summed E-state index contributed by atoms with van der Waals surface area (Å²) in [4.78, 5) is 25.6. The minimum atomic E-state index is -0.282. The van der Waals surface area contributed by atoms with E-state index in [1.54, 1.807) is 11.8 Å². The highest BCUT2D eigenvalue weighted by molar-refractivity contribution is 5.93. The van der Waals surface area contributed by atoms with E-state index in [4.69, 9.17) is 9.84 Å². The largest absolute Gasteiger partial charge is 0.466 e. The number of ether oxygens (including phenoxy) is 1. The summed E-state index contributed by atoms with van der Waals surface area (Å²) in [7, 11) is 0. The number of fused-ring (bicyclic) bond motifs is 2. The molecule has 5 rings (SSSR count). The number of benzene rings is 4. The van der Waals surface area contributed by atoms with Gasteiger partial charge in [-0.15, -0.1) is 0 Å². The number of carbonyl (C=O) groups is 2. The Morgan fingerprint density at radius 2 is 1.63 bits per heavy atom. The lowest BCUT2D eigenvalue weighted by atomic mass is 10.1. The SMILES string of the molecule is CCOC(=O)Cc1nn(Cc2ccc(N(C=O)c3ccc4ccccc4c3)cc2)c2ccccc12. The average molecular weight is 464 g/mol. The van der Waals surface area contributed by atoms with Gasteiger partial charge in [-0.05, 0) is 53.6 Å². The smallest absolute Gasteiger partial charge is 0.311 e. The molecule has 5 aromatic rings. The molecule has 0 radical (unpaired) electrons. The van der Waals surface area contributed by atoms with Gasteiger partial charge in [0.25, 0.3) is 0 Å². The number of hydrogen-bond donors (Lipinski definition) is 0. The Morgan fingerprint density at radius 1 is 0.914 bits per heavy atom. The molecule has 35 heavy (non-hydrogen) atoms. The summed E-state index contributed by atoms with van der Waals surface area (Å²) < 4.78 is 7.01. The monoisotopic (exact) mass is 463 g/mol. The van der Waals surface area contributed by atoms with Crippen molar-refractivity contribution < 1.29 is 14.3 Å². The maximum Gasteiger partial charge on any atom is 0.311 e. The molecule has 0 atom stereocenters. The molecule has 0 spiro atoms. The second kappa shape index (κ2) is 9.81. The van der Waals surface area contributed by atoms with Crippen molar-refractivity contribution in [1.29, 1.82) is 0 Å². The minimum absolute atomic E-state index is 0.139. The van der Waals surface area contributed by atoms with E-state index in [0.29, 0.717) is 18.8 Å². The summed E-state index contributed by atoms with van der Waals surface area (Å²) in [6.45, 7) is 2.69. The van der Waals surface area contributed by atoms with Crippen LogP contribution < -0.4 is 4.90 Å². The Bertz CT molecular complexity index is 1510. The van der Waals surface area contributed by atoms with Crippen LogP contribution in [0.5, 0.6) is 0 Å². The highest BCUT2D eigenvalue weighted by Gasteiger charge is 2.15. The summed E-state index contributed by atoms with van der Waals surface area (Å²) in [5.74, 6) is -0.282. The number of nitrogens with zero attached hydrogens (tertiary/aromatic N) is 3. The molecule has 0 unspecified atom stereocenters. The lowest BCUT2D eigenvalue weighted by Gasteiger charge is -2.18. The first-order valence-electron chi connectivity index (χ1n) is 11.6. The van der Waals surface area contributed by atoms with Gasteiger partial charge in [0.2, 0.25) is 6.41 Å². The van der Waals surface area contributed by atoms with Crippen LogP contribution >= 0.6 is 0 Å². The number of para-hydroxylation sites is 1. The van der Waals surface area contributed by atoms with Crippen molar-refractivity contribution in [2.75, 3.05) is 11.5 Å². The van der Waals surface area contributed by atoms with Gasteiger partial charge in [0, 0.05) is 16.8 Å². The van der Waals surface area contributed by atoms with Crippen LogP contribution in [-0.2, 0) is 27.3 Å². The normalized spacial score (nSPS) is 11.0. The molecular weight excluding hydrogens is 438 g/mol. The molecule has 0 N–H and O–H groups in total. The van der Waals surface area contributed by atoms with Crippen LogP contribution in [0.15, 0.2) is 91.0 Å². The van der Waals surface area contributed by atoms with Gasteiger partial charge in [0.15, 0.2) is 0 Å². The first-order valence-corrected chi connectivity index (χ1v) is 11.6. The van der Waals surface area contributed by atoms with Gasteiger partial charge < -0.3 is 4.74 Å². The minimum Gasteiger partial charge on any atom is -0.466 e. The molecule has 0 saturated carbocycles. The van der Waals surface area contributed by atoms with Crippen LogP contribution in [0, 0.1) is 0 Å². The number of aromatic nitrogens is 2. The molecule has 0 aliphatic carbocycles. The van der Waals surface area contributed by atoms with Crippen molar-refractivity contribution in [3.05, 3.63) is 102 Å². The molecule has 6 heteroatoms. The van der Waals surface area contributed by atoms with Crippen molar-refractivity contribution in [3.63, 3.8) is 0 Å². The Morgan fingerprint density at radius 3 is 2.40 bits per heavy atom. The van der Waals surface area contributed by atoms with E-state index in [2.05, 4.69) is 6.07 Å². The van der Waals surface area contributed by atoms with Crippen molar-refractivity contribution in [2.45, 2.75) is 19.9 Å². The van der Waals surface area contributed by atoms with Crippen LogP contribution in [0.3, 0.4) is 0 Å². The van der Waals surface area contributed by atoms with Crippen LogP contribution in [0.1, 0.15) is 18.2 Å². The molecule has 174 valence electrons. The van der Waals surface area contributed by atoms with Crippen molar-refractivity contribution in [1.82, 2.24) is 9.78 Å². The molecule has 0 fully saturated rings. The maximum atomic E-state index is 12.0. The summed E-state index contributed by atoms with van der Waals surface area (Å²) in [5, 5.41) is 7.86. The van der Waals surface area contributed by atoms with Crippen molar-refractivity contribution in [3.8, 4) is 0 Å². The Labute approximate surface area is 203 Å². The Balaban J connectivity index is 1.40. The van der Waals surface area contributed by atoms with E-state index in [0.717, 1.165) is 45.0 Å². The maximum absolute atomic E-state index is 12.0. The van der Waals surface area contributed by atoms with E-state index >= 15 is 0 Å². The molecule has 1 aromatic heterocycles. The van der Waals surface area contributed by atoms with Crippen LogP contribution in [-0.4, -0.2) is 28.8 Å². The fourth-order valence-electron chi connectivity index (χ4n) is 4.33. The number of rotatable bonds is 8. The quantitative estimate of drug-likeness (QED) is 0.221. The number of hydrogen-bond acceptors (Lipinski definition) is 4. The predicted molar refractivity (Wildman–Crippen MR) is 138 cm³/mol. The molecule has 0 saturated heterocycles. The fourth-order valence-corrected chi connectivity index (χ4v) is 4.33. The summed E-state index contributed by atoms with van der Waals surface area (Å²) in [6.07, 6.45) is 0.974. The highest BCUT2D eigenvalue weighted by Crippen LogP contribution is 2.28. The average Bonchev–Trinajstić information content (AvgIpc) is 3.22. The number of amides is 1. The van der Waals surface area contributed by atoms with E-state index in [1.165, 1.54) is 0 Å². The number of esters is 1. The standard InChI is InChI=1S/C29H25N3O3/c1-2-35-29(34)18-27-26-9-5-6-10-28(26)32(30-27)19-21-11-14-24(15-12-21)31(20-33)25-16-13-22-7-3-4-8-23(22)17-25/h3-17,20H,2,18-19H2,1H3. The fraction of sp³-hybridized carbons (Fsp3) is 0.138. The van der Waals surface area contributed by atoms with Gasteiger partial charge >= 0.3 is 5.97 Å². The molecular formula is C29H25N3O3. The van der Waals surface area contributed by atoms with Crippen LogP contribution in [0.25, 0.3) is 21.7 Å². The Hall–Kier alpha value is -4.45. The third-order valence-electron chi connectivity index (χ3n) is 6.02. The third kappa shape index (κ3) is 4.64. The summed E-state index contributed by atoms with van der Waals surface area (Å²) >= 11 is 0. The molecule has 4 aromatic carbocycles. The zero-order chi connectivity index (χ0) is 24.2. The molecule has 0 aliphatic heterocycles. The van der Waals surface area contributed by atoms with Gasteiger partial charge in [-0.25, -0.2) is 0 Å². The summed E-state index contributed by atoms with van der Waals surface area (Å²) in [6, 6.07) is 29.8. The zero-order valence-electron chi connectivity index (χ0n) is 19.4. The number of carbonyl (C=O) groups excluding carboxylic acids is 2. The number of anilines is 2. The van der Waals surface area contributed by atoms with Crippen LogP contribution in [0.2, 0.25) is 0 Å². The van der Waals surface area contributed by atoms with Gasteiger partial charge in [0.05, 0.1) is 30.8 Å². The van der Waals surface area contributed by atoms with E-state index in [9.17, 15) is 9.59 Å². The second-order valence-corrected chi connectivity index (χ2v) is 8.28. The van der Waals surface area contributed by atoms with Crippen LogP contribution in [0.4, 0.5) is 11.4 Å². The molecule has 6 nitrogen and oxygen atoms in total. The first-order chi connectivity index (χ1) is 17.2. The molecule has 0 aliphatic rings. The topological polar surface area (TPSA) is 64.4 Å². The summed E-state index contributed by atoms with van der Waals surface area (Å²) in [5.41, 5.74) is 4.30. The lowest BCUT2D eigenvalue weighted by Crippen LogP contribution is -2.14. The van der Waals surface area contributed by atoms with Gasteiger partial charge in [-0.3, -0.25) is 19.2 Å².